The van der Waals surface area contributed by atoms with Crippen LogP contribution in [0, 0.1) is 0 Å². The summed E-state index contributed by atoms with van der Waals surface area (Å²) in [6.45, 7) is 0. The lowest BCUT2D eigenvalue weighted by atomic mass is 10.1. The average molecular weight is 309 g/mol. The molecule has 0 aliphatic carbocycles. The molecule has 20 heavy (non-hydrogen) atoms. The highest BCUT2D eigenvalue weighted by atomic mass is 35.5. The Morgan fingerprint density at radius 1 is 1.00 bits per heavy atom. The van der Waals surface area contributed by atoms with Gasteiger partial charge in [0, 0.05) is 9.92 Å². The highest BCUT2D eigenvalue weighted by molar-refractivity contribution is 7.84. The predicted molar refractivity (Wildman–Crippen MR) is 79.3 cm³/mol. The zero-order chi connectivity index (χ0) is 14.5. The van der Waals surface area contributed by atoms with Gasteiger partial charge in [0.15, 0.2) is 0 Å². The van der Waals surface area contributed by atoms with Gasteiger partial charge in [0.05, 0.1) is 23.0 Å². The molecule has 1 unspecified atom stereocenters. The molecule has 5 heteroatoms. The number of carboxylic acid groups (broad SMARTS) is 1. The standard InChI is InChI=1S/C15H13ClO3S/c16-13-5-7-14(8-6-13)20(19)10-12-3-1-11(2-4-12)9-15(17)18/h1-8H,9-10H2,(H,17,18). The number of aliphatic carboxylic acids is 1. The summed E-state index contributed by atoms with van der Waals surface area (Å²) in [7, 11) is -1.13. The Labute approximate surface area is 124 Å². The van der Waals surface area contributed by atoms with E-state index >= 15 is 0 Å². The van der Waals surface area contributed by atoms with Crippen molar-refractivity contribution < 1.29 is 14.1 Å². The molecule has 2 aromatic carbocycles. The maximum absolute atomic E-state index is 12.2. The fraction of sp³-hybridized carbons (Fsp3) is 0.133. The van der Waals surface area contributed by atoms with E-state index in [9.17, 15) is 9.00 Å². The largest absolute Gasteiger partial charge is 0.481 e. The van der Waals surface area contributed by atoms with Crippen LogP contribution >= 0.6 is 11.6 Å². The van der Waals surface area contributed by atoms with Crippen molar-refractivity contribution >= 4 is 28.4 Å². The lowest BCUT2D eigenvalue weighted by Crippen LogP contribution is -2.01. The van der Waals surface area contributed by atoms with Crippen molar-refractivity contribution in [3.8, 4) is 0 Å². The highest BCUT2D eigenvalue weighted by Crippen LogP contribution is 2.16. The van der Waals surface area contributed by atoms with Gasteiger partial charge < -0.3 is 5.11 Å². The molecular formula is C15H13ClO3S. The van der Waals surface area contributed by atoms with Gasteiger partial charge in [0.1, 0.15) is 0 Å². The summed E-state index contributed by atoms with van der Waals surface area (Å²) in [5.74, 6) is -0.461. The van der Waals surface area contributed by atoms with Crippen LogP contribution < -0.4 is 0 Å². The summed E-state index contributed by atoms with van der Waals surface area (Å²) < 4.78 is 12.2. The van der Waals surface area contributed by atoms with Gasteiger partial charge in [-0.05, 0) is 35.4 Å². The normalized spacial score (nSPS) is 12.1. The summed E-state index contributed by atoms with van der Waals surface area (Å²) >= 11 is 5.79. The van der Waals surface area contributed by atoms with Gasteiger partial charge in [0.2, 0.25) is 0 Å². The molecule has 0 aliphatic heterocycles. The number of rotatable bonds is 5. The van der Waals surface area contributed by atoms with Crippen molar-refractivity contribution in [3.05, 3.63) is 64.7 Å². The molecule has 0 aromatic heterocycles. The van der Waals surface area contributed by atoms with Gasteiger partial charge in [0.25, 0.3) is 0 Å². The van der Waals surface area contributed by atoms with E-state index in [0.29, 0.717) is 10.8 Å². The number of carboxylic acids is 1. The van der Waals surface area contributed by atoms with Crippen LogP contribution in [0.25, 0.3) is 0 Å². The van der Waals surface area contributed by atoms with E-state index < -0.39 is 16.8 Å². The van der Waals surface area contributed by atoms with Crippen molar-refractivity contribution in [2.45, 2.75) is 17.1 Å². The molecule has 0 aliphatic rings. The third kappa shape index (κ3) is 4.18. The number of carbonyl (C=O) groups is 1. The number of hydrogen-bond donors (Lipinski definition) is 1. The second-order valence-electron chi connectivity index (χ2n) is 4.33. The topological polar surface area (TPSA) is 54.4 Å². The zero-order valence-electron chi connectivity index (χ0n) is 10.6. The SMILES string of the molecule is O=C(O)Cc1ccc(CS(=O)c2ccc(Cl)cc2)cc1. The van der Waals surface area contributed by atoms with E-state index in [1.807, 2.05) is 12.1 Å². The van der Waals surface area contributed by atoms with Gasteiger partial charge >= 0.3 is 5.97 Å². The molecule has 0 radical (unpaired) electrons. The summed E-state index contributed by atoms with van der Waals surface area (Å²) in [5.41, 5.74) is 1.64. The fourth-order valence-corrected chi connectivity index (χ4v) is 2.98. The van der Waals surface area contributed by atoms with Crippen LogP contribution in [0.2, 0.25) is 5.02 Å². The molecule has 0 amide bonds. The van der Waals surface area contributed by atoms with Gasteiger partial charge in [-0.3, -0.25) is 9.00 Å². The lowest BCUT2D eigenvalue weighted by molar-refractivity contribution is -0.136. The maximum atomic E-state index is 12.2. The van der Waals surface area contributed by atoms with Gasteiger partial charge in [-0.15, -0.1) is 0 Å². The smallest absolute Gasteiger partial charge is 0.307 e. The van der Waals surface area contributed by atoms with E-state index in [1.54, 1.807) is 36.4 Å². The number of hydrogen-bond acceptors (Lipinski definition) is 2. The first-order valence-electron chi connectivity index (χ1n) is 5.98. The summed E-state index contributed by atoms with van der Waals surface area (Å²) in [5, 5.41) is 9.31. The Hall–Kier alpha value is -1.65. The molecule has 0 heterocycles. The highest BCUT2D eigenvalue weighted by Gasteiger charge is 2.06. The van der Waals surface area contributed by atoms with E-state index in [1.165, 1.54) is 0 Å². The Morgan fingerprint density at radius 2 is 1.55 bits per heavy atom. The quantitative estimate of drug-likeness (QED) is 0.922. The molecule has 0 fully saturated rings. The summed E-state index contributed by atoms with van der Waals surface area (Å²) in [4.78, 5) is 11.3. The second kappa shape index (κ2) is 6.68. The van der Waals surface area contributed by atoms with Crippen LogP contribution in [-0.4, -0.2) is 15.3 Å². The predicted octanol–water partition coefficient (Wildman–Crippen LogP) is 3.27. The average Bonchev–Trinajstić information content (AvgIpc) is 2.41. The summed E-state index contributed by atoms with van der Waals surface area (Å²) in [6.07, 6.45) is 0.000549. The van der Waals surface area contributed by atoms with E-state index in [0.717, 1.165) is 16.0 Å². The molecule has 0 saturated heterocycles. The second-order valence-corrected chi connectivity index (χ2v) is 6.22. The number of halogens is 1. The van der Waals surface area contributed by atoms with Gasteiger partial charge in [-0.25, -0.2) is 0 Å². The minimum atomic E-state index is -1.13. The monoisotopic (exact) mass is 308 g/mol. The fourth-order valence-electron chi connectivity index (χ4n) is 1.75. The third-order valence-corrected chi connectivity index (χ3v) is 4.40. The van der Waals surface area contributed by atoms with Crippen molar-refractivity contribution in [3.63, 3.8) is 0 Å². The molecule has 3 nitrogen and oxygen atoms in total. The van der Waals surface area contributed by atoms with Crippen LogP contribution in [0.5, 0.6) is 0 Å². The van der Waals surface area contributed by atoms with E-state index in [2.05, 4.69) is 0 Å². The molecule has 104 valence electrons. The minimum Gasteiger partial charge on any atom is -0.481 e. The first-order chi connectivity index (χ1) is 9.54. The van der Waals surface area contributed by atoms with Crippen molar-refractivity contribution in [1.82, 2.24) is 0 Å². The first kappa shape index (κ1) is 14.8. The Balaban J connectivity index is 2.04. The van der Waals surface area contributed by atoms with Crippen LogP contribution in [-0.2, 0) is 27.8 Å². The molecule has 1 N–H and O–H groups in total. The molecular weight excluding hydrogens is 296 g/mol. The van der Waals surface area contributed by atoms with Crippen molar-refractivity contribution in [2.24, 2.45) is 0 Å². The Kier molecular flexibility index (Phi) is 4.93. The number of benzene rings is 2. The maximum Gasteiger partial charge on any atom is 0.307 e. The van der Waals surface area contributed by atoms with Crippen LogP contribution in [0.1, 0.15) is 11.1 Å². The zero-order valence-corrected chi connectivity index (χ0v) is 12.2. The summed E-state index contributed by atoms with van der Waals surface area (Å²) in [6, 6.07) is 14.0. The molecule has 0 spiro atoms. The van der Waals surface area contributed by atoms with Crippen LogP contribution in [0.15, 0.2) is 53.4 Å². The Morgan fingerprint density at radius 3 is 2.10 bits per heavy atom. The van der Waals surface area contributed by atoms with Gasteiger partial charge in [-0.2, -0.15) is 0 Å². The minimum absolute atomic E-state index is 0.000549. The molecule has 2 aromatic rings. The van der Waals surface area contributed by atoms with Gasteiger partial charge in [-0.1, -0.05) is 35.9 Å². The van der Waals surface area contributed by atoms with Crippen molar-refractivity contribution in [1.29, 1.82) is 0 Å². The lowest BCUT2D eigenvalue weighted by Gasteiger charge is -2.04. The first-order valence-corrected chi connectivity index (χ1v) is 7.68. The molecule has 0 bridgehead atoms. The molecule has 0 saturated carbocycles. The van der Waals surface area contributed by atoms with Crippen LogP contribution in [0.4, 0.5) is 0 Å². The Bertz CT molecular complexity index is 621. The van der Waals surface area contributed by atoms with E-state index in [-0.39, 0.29) is 6.42 Å². The third-order valence-electron chi connectivity index (χ3n) is 2.75. The molecule has 2 rings (SSSR count). The van der Waals surface area contributed by atoms with Crippen molar-refractivity contribution in [2.75, 3.05) is 0 Å². The molecule has 1 atom stereocenters. The van der Waals surface area contributed by atoms with E-state index in [4.69, 9.17) is 16.7 Å². The van der Waals surface area contributed by atoms with Crippen LogP contribution in [0.3, 0.4) is 0 Å².